The molecular weight excluding hydrogens is 558 g/mol. The lowest BCUT2D eigenvalue weighted by Crippen LogP contribution is -2.47. The first kappa shape index (κ1) is 28.6. The number of aromatic nitrogens is 3. The number of aryl methyl sites for hydroxylation is 1. The van der Waals surface area contributed by atoms with Gasteiger partial charge in [-0.1, -0.05) is 35.3 Å². The molecule has 1 aromatic carbocycles. The summed E-state index contributed by atoms with van der Waals surface area (Å²) in [6.07, 6.45) is -3.24. The van der Waals surface area contributed by atoms with Crippen LogP contribution < -0.4 is 15.6 Å². The summed E-state index contributed by atoms with van der Waals surface area (Å²) in [6.45, 7) is 2.73. The zero-order valence-corrected chi connectivity index (χ0v) is 21.6. The Balaban J connectivity index is 1.86. The highest BCUT2D eigenvalue weighted by Gasteiger charge is 2.42. The highest BCUT2D eigenvalue weighted by Crippen LogP contribution is 2.27. The Labute approximate surface area is 219 Å². The van der Waals surface area contributed by atoms with E-state index in [1.54, 1.807) is 4.72 Å². The maximum absolute atomic E-state index is 13.7. The van der Waals surface area contributed by atoms with E-state index in [0.29, 0.717) is 0 Å². The number of nitrogens with one attached hydrogen (secondary N) is 2. The maximum atomic E-state index is 13.7. The average Bonchev–Trinajstić information content (AvgIpc) is 2.83. The van der Waals surface area contributed by atoms with Crippen LogP contribution in [0.15, 0.2) is 58.5 Å². The normalized spacial score (nSPS) is 13.7. The number of anilines is 1. The summed E-state index contributed by atoms with van der Waals surface area (Å²) in [5.74, 6) is -0.767. The molecule has 198 valence electrons. The third kappa shape index (κ3) is 6.86. The molecule has 2 N–H and O–H groups in total. The molecule has 37 heavy (non-hydrogen) atoms. The maximum Gasteiger partial charge on any atom is 0.405 e. The Morgan fingerprint density at radius 3 is 2.51 bits per heavy atom. The molecule has 0 aliphatic carbocycles. The van der Waals surface area contributed by atoms with Gasteiger partial charge in [0.15, 0.2) is 0 Å². The third-order valence-electron chi connectivity index (χ3n) is 5.22. The standard InChI is InChI=1S/C22H20Cl2F3N5O4S/c1-12-6-7-15(30-20(33)13(2)32-21(34)19(24)16(23)11-29-32)9-17(12)37(35,36)31-18(22(25,26)27)10-14-5-3-4-8-28-14/h3-9,11,13,18,31H,10H2,1-2H3,(H,30,33)/t13-,18-/m0/s1. The van der Waals surface area contributed by atoms with Crippen molar-refractivity contribution in [1.29, 1.82) is 0 Å². The molecule has 0 fully saturated rings. The van der Waals surface area contributed by atoms with Crippen LogP contribution in [0.4, 0.5) is 18.9 Å². The Morgan fingerprint density at radius 1 is 1.19 bits per heavy atom. The number of alkyl halides is 3. The summed E-state index contributed by atoms with van der Waals surface area (Å²) < 4.78 is 69.5. The summed E-state index contributed by atoms with van der Waals surface area (Å²) >= 11 is 11.5. The van der Waals surface area contributed by atoms with E-state index in [0.717, 1.165) is 16.9 Å². The van der Waals surface area contributed by atoms with Gasteiger partial charge in [0.1, 0.15) is 17.1 Å². The fraction of sp³-hybridized carbons (Fsp3) is 0.273. The molecule has 15 heteroatoms. The molecule has 3 rings (SSSR count). The van der Waals surface area contributed by atoms with E-state index in [4.69, 9.17) is 23.2 Å². The quantitative estimate of drug-likeness (QED) is 0.418. The highest BCUT2D eigenvalue weighted by molar-refractivity contribution is 7.89. The Morgan fingerprint density at radius 2 is 1.89 bits per heavy atom. The van der Waals surface area contributed by atoms with Crippen molar-refractivity contribution >= 4 is 44.8 Å². The van der Waals surface area contributed by atoms with Gasteiger partial charge in [-0.05, 0) is 43.7 Å². The molecule has 9 nitrogen and oxygen atoms in total. The number of pyridine rings is 1. The summed E-state index contributed by atoms with van der Waals surface area (Å²) in [6, 6.07) is 4.43. The van der Waals surface area contributed by atoms with E-state index in [1.807, 2.05) is 0 Å². The largest absolute Gasteiger partial charge is 0.405 e. The van der Waals surface area contributed by atoms with Crippen LogP contribution in [0.1, 0.15) is 24.2 Å². The smallest absolute Gasteiger partial charge is 0.324 e. The van der Waals surface area contributed by atoms with Crippen molar-refractivity contribution in [2.45, 2.75) is 43.4 Å². The van der Waals surface area contributed by atoms with Gasteiger partial charge in [-0.25, -0.2) is 13.1 Å². The molecule has 2 aromatic heterocycles. The van der Waals surface area contributed by atoms with Gasteiger partial charge >= 0.3 is 6.18 Å². The van der Waals surface area contributed by atoms with Crippen molar-refractivity contribution in [2.75, 3.05) is 5.32 Å². The number of carbonyl (C=O) groups excluding carboxylic acids is 1. The molecule has 2 heterocycles. The van der Waals surface area contributed by atoms with Gasteiger partial charge in [0.2, 0.25) is 15.9 Å². The SMILES string of the molecule is Cc1ccc(NC(=O)[C@H](C)n2ncc(Cl)c(Cl)c2=O)cc1S(=O)(=O)N[C@@H](Cc1ccccn1)C(F)(F)F. The van der Waals surface area contributed by atoms with Gasteiger partial charge in [0.05, 0.1) is 16.1 Å². The van der Waals surface area contributed by atoms with Crippen molar-refractivity contribution in [1.82, 2.24) is 19.5 Å². The van der Waals surface area contributed by atoms with E-state index in [-0.39, 0.29) is 27.0 Å². The summed E-state index contributed by atoms with van der Waals surface area (Å²) in [5, 5.41) is 5.76. The molecule has 0 aliphatic heterocycles. The number of nitrogens with zero attached hydrogens (tertiary/aromatic N) is 3. The van der Waals surface area contributed by atoms with Crippen molar-refractivity contribution < 1.29 is 26.4 Å². The van der Waals surface area contributed by atoms with Crippen molar-refractivity contribution in [3.63, 3.8) is 0 Å². The lowest BCUT2D eigenvalue weighted by Gasteiger charge is -2.22. The van der Waals surface area contributed by atoms with E-state index in [2.05, 4.69) is 15.4 Å². The predicted octanol–water partition coefficient (Wildman–Crippen LogP) is 3.91. The molecule has 1 amide bonds. The second kappa shape index (κ2) is 11.2. The van der Waals surface area contributed by atoms with Crippen LogP contribution in [-0.2, 0) is 21.2 Å². The molecule has 0 radical (unpaired) electrons. The van der Waals surface area contributed by atoms with Crippen LogP contribution >= 0.6 is 23.2 Å². The monoisotopic (exact) mass is 577 g/mol. The van der Waals surface area contributed by atoms with Crippen LogP contribution in [-0.4, -0.2) is 41.3 Å². The van der Waals surface area contributed by atoms with Gasteiger partial charge in [0, 0.05) is 24.0 Å². The predicted molar refractivity (Wildman–Crippen MR) is 131 cm³/mol. The lowest BCUT2D eigenvalue weighted by molar-refractivity contribution is -0.151. The Hall–Kier alpha value is -3.00. The molecule has 0 saturated heterocycles. The Bertz CT molecular complexity index is 1470. The zero-order chi connectivity index (χ0) is 27.5. The van der Waals surface area contributed by atoms with E-state index >= 15 is 0 Å². The van der Waals surface area contributed by atoms with E-state index < -0.39 is 51.1 Å². The molecule has 2 atom stereocenters. The van der Waals surface area contributed by atoms with Crippen LogP contribution in [0.3, 0.4) is 0 Å². The van der Waals surface area contributed by atoms with Crippen molar-refractivity contribution in [2.24, 2.45) is 0 Å². The number of amides is 1. The number of hydrogen-bond acceptors (Lipinski definition) is 6. The van der Waals surface area contributed by atoms with Gasteiger partial charge in [-0.15, -0.1) is 0 Å². The van der Waals surface area contributed by atoms with E-state index in [1.165, 1.54) is 50.4 Å². The Kier molecular flexibility index (Phi) is 8.63. The second-order valence-electron chi connectivity index (χ2n) is 7.94. The van der Waals surface area contributed by atoms with Gasteiger partial charge < -0.3 is 5.32 Å². The molecule has 0 bridgehead atoms. The molecule has 0 saturated carbocycles. The molecule has 0 unspecified atom stereocenters. The van der Waals surface area contributed by atoms with Crippen LogP contribution in [0.5, 0.6) is 0 Å². The minimum Gasteiger partial charge on any atom is -0.324 e. The number of sulfonamides is 1. The van der Waals surface area contributed by atoms with Gasteiger partial charge in [-0.2, -0.15) is 23.0 Å². The first-order valence-electron chi connectivity index (χ1n) is 10.5. The number of benzene rings is 1. The molecular formula is C22H20Cl2F3N5O4S. The van der Waals surface area contributed by atoms with Crippen LogP contribution in [0, 0.1) is 6.92 Å². The first-order valence-corrected chi connectivity index (χ1v) is 12.8. The number of carbonyl (C=O) groups is 1. The number of hydrogen-bond donors (Lipinski definition) is 2. The summed E-state index contributed by atoms with van der Waals surface area (Å²) in [5.41, 5.74) is -0.673. The van der Waals surface area contributed by atoms with Gasteiger partial charge in [-0.3, -0.25) is 14.6 Å². The summed E-state index contributed by atoms with van der Waals surface area (Å²) in [7, 11) is -4.69. The average molecular weight is 578 g/mol. The van der Waals surface area contributed by atoms with Crippen LogP contribution in [0.25, 0.3) is 0 Å². The highest BCUT2D eigenvalue weighted by atomic mass is 35.5. The zero-order valence-electron chi connectivity index (χ0n) is 19.3. The fourth-order valence-corrected chi connectivity index (χ4v) is 4.98. The fourth-order valence-electron chi connectivity index (χ4n) is 3.23. The van der Waals surface area contributed by atoms with Crippen molar-refractivity contribution in [3.8, 4) is 0 Å². The molecule has 3 aromatic rings. The number of halogens is 5. The summed E-state index contributed by atoms with van der Waals surface area (Å²) in [4.78, 5) is 28.3. The third-order valence-corrected chi connectivity index (χ3v) is 7.59. The topological polar surface area (TPSA) is 123 Å². The minimum atomic E-state index is -4.90. The minimum absolute atomic E-state index is 0.0378. The van der Waals surface area contributed by atoms with E-state index in [9.17, 15) is 31.2 Å². The molecule has 0 aliphatic rings. The van der Waals surface area contributed by atoms with Crippen molar-refractivity contribution in [3.05, 3.63) is 80.4 Å². The first-order chi connectivity index (χ1) is 17.2. The lowest BCUT2D eigenvalue weighted by atomic mass is 10.1. The second-order valence-corrected chi connectivity index (χ2v) is 10.4. The number of rotatable bonds is 8. The van der Waals surface area contributed by atoms with Crippen LogP contribution in [0.2, 0.25) is 10.0 Å². The molecule has 0 spiro atoms. The van der Waals surface area contributed by atoms with Gasteiger partial charge in [0.25, 0.3) is 5.56 Å².